The molecular weight excluding hydrogens is 319 g/mol. The number of carbonyl (C=O) groups excluding carboxylic acids is 1. The molecule has 7 heteroatoms. The van der Waals surface area contributed by atoms with Crippen LogP contribution in [0.3, 0.4) is 0 Å². The average Bonchev–Trinajstić information content (AvgIpc) is 2.42. The van der Waals surface area contributed by atoms with Gasteiger partial charge in [0, 0.05) is 16.8 Å². The van der Waals surface area contributed by atoms with Crippen molar-refractivity contribution in [2.45, 2.75) is 9.92 Å². The fourth-order valence-electron chi connectivity index (χ4n) is 1.52. The number of pyridine rings is 1. The summed E-state index contributed by atoms with van der Waals surface area (Å²) in [6, 6.07) is 6.50. The minimum absolute atomic E-state index is 0.282. The van der Waals surface area contributed by atoms with Crippen molar-refractivity contribution in [3.63, 3.8) is 0 Å². The van der Waals surface area contributed by atoms with Crippen LogP contribution in [0.2, 0.25) is 10.0 Å². The maximum atomic E-state index is 11.8. The van der Waals surface area contributed by atoms with Crippen LogP contribution in [0.4, 0.5) is 5.69 Å². The summed E-state index contributed by atoms with van der Waals surface area (Å²) >= 11 is 13.4. The Hall–Kier alpha value is -1.43. The van der Waals surface area contributed by atoms with Gasteiger partial charge in [-0.25, -0.2) is 9.78 Å². The van der Waals surface area contributed by atoms with E-state index in [2.05, 4.69) is 4.98 Å². The number of ether oxygens (including phenoxy) is 1. The third kappa shape index (κ3) is 3.17. The van der Waals surface area contributed by atoms with Gasteiger partial charge >= 0.3 is 5.97 Å². The number of rotatable bonds is 3. The van der Waals surface area contributed by atoms with E-state index in [4.69, 9.17) is 33.7 Å². The Bertz CT molecular complexity index is 665. The average molecular weight is 329 g/mol. The molecule has 0 amide bonds. The summed E-state index contributed by atoms with van der Waals surface area (Å²) in [5, 5.41) is 1.37. The Morgan fingerprint density at radius 3 is 2.75 bits per heavy atom. The largest absolute Gasteiger partial charge is 0.465 e. The Kier molecular flexibility index (Phi) is 4.75. The molecule has 0 aliphatic heterocycles. The third-order valence-electron chi connectivity index (χ3n) is 2.39. The van der Waals surface area contributed by atoms with Gasteiger partial charge in [0.1, 0.15) is 5.03 Å². The van der Waals surface area contributed by atoms with Gasteiger partial charge in [0.2, 0.25) is 0 Å². The van der Waals surface area contributed by atoms with Crippen molar-refractivity contribution >= 4 is 46.6 Å². The van der Waals surface area contributed by atoms with Crippen LogP contribution in [-0.4, -0.2) is 18.1 Å². The molecule has 4 nitrogen and oxygen atoms in total. The van der Waals surface area contributed by atoms with E-state index in [9.17, 15) is 4.79 Å². The lowest BCUT2D eigenvalue weighted by Gasteiger charge is -2.11. The van der Waals surface area contributed by atoms with Crippen molar-refractivity contribution < 1.29 is 9.53 Å². The molecule has 0 bridgehead atoms. The highest BCUT2D eigenvalue weighted by atomic mass is 35.5. The molecule has 1 heterocycles. The number of carbonyl (C=O) groups is 1. The SMILES string of the molecule is COC(=O)c1cc(N)cc(Cl)c1Sc1ncccc1Cl. The van der Waals surface area contributed by atoms with Crippen molar-refractivity contribution in [2.24, 2.45) is 0 Å². The number of esters is 1. The van der Waals surface area contributed by atoms with Crippen LogP contribution in [0.5, 0.6) is 0 Å². The molecule has 0 aliphatic rings. The molecule has 20 heavy (non-hydrogen) atoms. The molecule has 0 saturated heterocycles. The first-order chi connectivity index (χ1) is 9.52. The van der Waals surface area contributed by atoms with Crippen molar-refractivity contribution in [2.75, 3.05) is 12.8 Å². The highest BCUT2D eigenvalue weighted by molar-refractivity contribution is 7.99. The first kappa shape index (κ1) is 15.0. The van der Waals surface area contributed by atoms with Crippen LogP contribution in [0.25, 0.3) is 0 Å². The Morgan fingerprint density at radius 1 is 1.35 bits per heavy atom. The quantitative estimate of drug-likeness (QED) is 0.683. The van der Waals surface area contributed by atoms with Crippen molar-refractivity contribution in [1.82, 2.24) is 4.98 Å². The number of methoxy groups -OCH3 is 1. The monoisotopic (exact) mass is 328 g/mol. The zero-order valence-electron chi connectivity index (χ0n) is 10.4. The second-order valence-electron chi connectivity index (χ2n) is 3.76. The molecule has 0 unspecified atom stereocenters. The van der Waals surface area contributed by atoms with Gasteiger partial charge in [-0.1, -0.05) is 35.0 Å². The Labute approximate surface area is 130 Å². The van der Waals surface area contributed by atoms with Crippen LogP contribution in [-0.2, 0) is 4.74 Å². The number of benzene rings is 1. The van der Waals surface area contributed by atoms with Gasteiger partial charge in [-0.3, -0.25) is 0 Å². The molecule has 0 aliphatic carbocycles. The van der Waals surface area contributed by atoms with Crippen LogP contribution in [0.15, 0.2) is 40.4 Å². The lowest BCUT2D eigenvalue weighted by atomic mass is 10.2. The zero-order valence-corrected chi connectivity index (χ0v) is 12.7. The van der Waals surface area contributed by atoms with E-state index in [0.29, 0.717) is 25.7 Å². The lowest BCUT2D eigenvalue weighted by Crippen LogP contribution is -2.05. The molecule has 1 aromatic heterocycles. The first-order valence-electron chi connectivity index (χ1n) is 5.48. The molecule has 2 rings (SSSR count). The van der Waals surface area contributed by atoms with Gasteiger partial charge in [-0.15, -0.1) is 0 Å². The molecule has 2 N–H and O–H groups in total. The number of anilines is 1. The van der Waals surface area contributed by atoms with E-state index >= 15 is 0 Å². The first-order valence-corrected chi connectivity index (χ1v) is 7.06. The van der Waals surface area contributed by atoms with Gasteiger partial charge in [0.15, 0.2) is 0 Å². The normalized spacial score (nSPS) is 10.3. The highest BCUT2D eigenvalue weighted by Gasteiger charge is 2.18. The summed E-state index contributed by atoms with van der Waals surface area (Å²) in [5.41, 5.74) is 6.36. The van der Waals surface area contributed by atoms with Gasteiger partial charge < -0.3 is 10.5 Å². The standard InChI is InChI=1S/C13H10Cl2N2O2S/c1-19-13(18)8-5-7(16)6-10(15)11(8)20-12-9(14)3-2-4-17-12/h2-6H,16H2,1H3. The number of nitrogens with two attached hydrogens (primary N) is 1. The molecule has 0 fully saturated rings. The second kappa shape index (κ2) is 6.35. The van der Waals surface area contributed by atoms with Crippen molar-refractivity contribution in [3.8, 4) is 0 Å². The smallest absolute Gasteiger partial charge is 0.339 e. The highest BCUT2D eigenvalue weighted by Crippen LogP contribution is 2.39. The van der Waals surface area contributed by atoms with E-state index in [-0.39, 0.29) is 5.56 Å². The predicted molar refractivity (Wildman–Crippen MR) is 80.6 cm³/mol. The fraction of sp³-hybridized carbons (Fsp3) is 0.0769. The Balaban J connectivity index is 2.50. The van der Waals surface area contributed by atoms with Crippen LogP contribution >= 0.6 is 35.0 Å². The molecule has 0 saturated carbocycles. The number of hydrogen-bond donors (Lipinski definition) is 1. The summed E-state index contributed by atoms with van der Waals surface area (Å²) in [5.74, 6) is -0.520. The van der Waals surface area contributed by atoms with E-state index in [1.54, 1.807) is 24.4 Å². The van der Waals surface area contributed by atoms with Gasteiger partial charge in [-0.05, 0) is 24.3 Å². The van der Waals surface area contributed by atoms with E-state index in [1.165, 1.54) is 24.9 Å². The summed E-state index contributed by atoms with van der Waals surface area (Å²) in [7, 11) is 1.29. The van der Waals surface area contributed by atoms with Crippen LogP contribution < -0.4 is 5.73 Å². The molecule has 2 aromatic rings. The number of nitrogens with zero attached hydrogens (tertiary/aromatic N) is 1. The Morgan fingerprint density at radius 2 is 2.10 bits per heavy atom. The second-order valence-corrected chi connectivity index (χ2v) is 5.58. The van der Waals surface area contributed by atoms with E-state index in [1.807, 2.05) is 0 Å². The van der Waals surface area contributed by atoms with E-state index in [0.717, 1.165) is 0 Å². The predicted octanol–water partition coefficient (Wildman–Crippen LogP) is 3.91. The third-order valence-corrected chi connectivity index (χ3v) is 4.38. The maximum absolute atomic E-state index is 11.8. The van der Waals surface area contributed by atoms with E-state index < -0.39 is 5.97 Å². The summed E-state index contributed by atoms with van der Waals surface area (Å²) in [4.78, 5) is 16.5. The summed E-state index contributed by atoms with van der Waals surface area (Å²) in [6.07, 6.45) is 1.61. The molecule has 0 atom stereocenters. The summed E-state index contributed by atoms with van der Waals surface area (Å²) in [6.45, 7) is 0. The minimum atomic E-state index is -0.520. The maximum Gasteiger partial charge on any atom is 0.339 e. The molecule has 0 spiro atoms. The summed E-state index contributed by atoms with van der Waals surface area (Å²) < 4.78 is 4.74. The topological polar surface area (TPSA) is 65.2 Å². The zero-order chi connectivity index (χ0) is 14.7. The number of halogens is 2. The van der Waals surface area contributed by atoms with Crippen molar-refractivity contribution in [1.29, 1.82) is 0 Å². The van der Waals surface area contributed by atoms with Gasteiger partial charge in [0.25, 0.3) is 0 Å². The van der Waals surface area contributed by atoms with Crippen LogP contribution in [0, 0.1) is 0 Å². The number of aromatic nitrogens is 1. The molecular formula is C13H10Cl2N2O2S. The number of hydrogen-bond acceptors (Lipinski definition) is 5. The van der Waals surface area contributed by atoms with Gasteiger partial charge in [0.05, 0.1) is 22.7 Å². The lowest BCUT2D eigenvalue weighted by molar-refractivity contribution is 0.0597. The van der Waals surface area contributed by atoms with Crippen LogP contribution in [0.1, 0.15) is 10.4 Å². The minimum Gasteiger partial charge on any atom is -0.465 e. The molecule has 1 aromatic carbocycles. The van der Waals surface area contributed by atoms with Crippen molar-refractivity contribution in [3.05, 3.63) is 46.1 Å². The molecule has 0 radical (unpaired) electrons. The number of nitrogen functional groups attached to an aromatic ring is 1. The van der Waals surface area contributed by atoms with Gasteiger partial charge in [-0.2, -0.15) is 0 Å². The molecule has 104 valence electrons. The fourth-order valence-corrected chi connectivity index (χ4v) is 2.98.